The molecule has 0 saturated heterocycles. The Balaban J connectivity index is 2.37. The molecule has 0 amide bonds. The van der Waals surface area contributed by atoms with Gasteiger partial charge in [0.15, 0.2) is 0 Å². The lowest BCUT2D eigenvalue weighted by atomic mass is 10.0. The summed E-state index contributed by atoms with van der Waals surface area (Å²) < 4.78 is 4.95. The smallest absolute Gasteiger partial charge is 0.310 e. The molecule has 1 aromatic carbocycles. The van der Waals surface area contributed by atoms with Gasteiger partial charge in [0, 0.05) is 6.42 Å². The summed E-state index contributed by atoms with van der Waals surface area (Å²) in [4.78, 5) is 11.0. The average molecular weight is 162 g/mol. The van der Waals surface area contributed by atoms with Crippen LogP contribution in [0, 0.1) is 0 Å². The first kappa shape index (κ1) is 7.35. The molecule has 1 aliphatic heterocycles. The Hall–Kier alpha value is -1.31. The summed E-state index contributed by atoms with van der Waals surface area (Å²) in [5.41, 5.74) is 2.35. The van der Waals surface area contributed by atoms with E-state index in [1.165, 1.54) is 5.56 Å². The summed E-state index contributed by atoms with van der Waals surface area (Å²) in [6, 6.07) is 7.99. The topological polar surface area (TPSA) is 26.3 Å². The number of fused-ring (bicyclic) bond motifs is 1. The van der Waals surface area contributed by atoms with E-state index < -0.39 is 0 Å². The number of ether oxygens (including phenoxy) is 1. The van der Waals surface area contributed by atoms with Crippen molar-refractivity contribution in [1.29, 1.82) is 0 Å². The van der Waals surface area contributed by atoms with Crippen LogP contribution in [0.4, 0.5) is 0 Å². The van der Waals surface area contributed by atoms with Crippen LogP contribution < -0.4 is 0 Å². The van der Waals surface area contributed by atoms with Crippen LogP contribution in [0.15, 0.2) is 24.3 Å². The number of benzene rings is 1. The Kier molecular flexibility index (Phi) is 1.82. The van der Waals surface area contributed by atoms with E-state index >= 15 is 0 Å². The lowest BCUT2D eigenvalue weighted by Crippen LogP contribution is -2.05. The standard InChI is InChI=1S/C10H10O2/c11-10-7-9-4-2-1-3-8(9)5-6-12-10/h1-4H,5-7H2. The van der Waals surface area contributed by atoms with Crippen LogP contribution in [-0.2, 0) is 22.4 Å². The van der Waals surface area contributed by atoms with Crippen molar-refractivity contribution < 1.29 is 9.53 Å². The van der Waals surface area contributed by atoms with Crippen molar-refractivity contribution in [2.75, 3.05) is 6.61 Å². The van der Waals surface area contributed by atoms with Gasteiger partial charge >= 0.3 is 5.97 Å². The van der Waals surface area contributed by atoms with Crippen LogP contribution in [-0.4, -0.2) is 12.6 Å². The Labute approximate surface area is 71.2 Å². The largest absolute Gasteiger partial charge is 0.465 e. The Bertz CT molecular complexity index is 304. The third kappa shape index (κ3) is 1.33. The van der Waals surface area contributed by atoms with Gasteiger partial charge in [-0.1, -0.05) is 24.3 Å². The van der Waals surface area contributed by atoms with Gasteiger partial charge in [0.2, 0.25) is 0 Å². The number of esters is 1. The molecule has 2 nitrogen and oxygen atoms in total. The van der Waals surface area contributed by atoms with E-state index in [1.807, 2.05) is 18.2 Å². The van der Waals surface area contributed by atoms with Crippen molar-refractivity contribution in [2.24, 2.45) is 0 Å². The fourth-order valence-electron chi connectivity index (χ4n) is 1.46. The van der Waals surface area contributed by atoms with Crippen LogP contribution in [0.1, 0.15) is 11.1 Å². The van der Waals surface area contributed by atoms with Gasteiger partial charge in [-0.05, 0) is 11.1 Å². The van der Waals surface area contributed by atoms with Crippen LogP contribution in [0.2, 0.25) is 0 Å². The molecule has 0 N–H and O–H groups in total. The van der Waals surface area contributed by atoms with Gasteiger partial charge in [-0.15, -0.1) is 0 Å². The summed E-state index contributed by atoms with van der Waals surface area (Å²) in [6.45, 7) is 0.524. The minimum absolute atomic E-state index is 0.111. The second-order valence-electron chi connectivity index (χ2n) is 2.92. The Morgan fingerprint density at radius 2 is 1.92 bits per heavy atom. The molecule has 0 aliphatic carbocycles. The average Bonchev–Trinajstić information content (AvgIpc) is 2.25. The van der Waals surface area contributed by atoms with Crippen LogP contribution in [0.3, 0.4) is 0 Å². The fourth-order valence-corrected chi connectivity index (χ4v) is 1.46. The molecule has 1 aromatic rings. The maximum Gasteiger partial charge on any atom is 0.310 e. The molecule has 1 aliphatic rings. The fraction of sp³-hybridized carbons (Fsp3) is 0.300. The molecule has 0 aromatic heterocycles. The zero-order valence-electron chi connectivity index (χ0n) is 6.75. The van der Waals surface area contributed by atoms with E-state index in [-0.39, 0.29) is 5.97 Å². The SMILES string of the molecule is O=C1Cc2ccccc2CCO1. The zero-order chi connectivity index (χ0) is 8.39. The number of carbonyl (C=O) groups excluding carboxylic acids is 1. The van der Waals surface area contributed by atoms with E-state index in [0.717, 1.165) is 12.0 Å². The Morgan fingerprint density at radius 1 is 1.17 bits per heavy atom. The highest BCUT2D eigenvalue weighted by Crippen LogP contribution is 2.13. The van der Waals surface area contributed by atoms with Crippen molar-refractivity contribution in [2.45, 2.75) is 12.8 Å². The minimum atomic E-state index is -0.111. The van der Waals surface area contributed by atoms with E-state index in [9.17, 15) is 4.79 Å². The molecule has 0 atom stereocenters. The molecular formula is C10H10O2. The molecule has 0 fully saturated rings. The first-order valence-electron chi connectivity index (χ1n) is 4.08. The van der Waals surface area contributed by atoms with Gasteiger partial charge in [-0.2, -0.15) is 0 Å². The molecule has 62 valence electrons. The maximum atomic E-state index is 11.0. The van der Waals surface area contributed by atoms with Gasteiger partial charge < -0.3 is 4.74 Å². The molecular weight excluding hydrogens is 152 g/mol. The van der Waals surface area contributed by atoms with Crippen LogP contribution in [0.25, 0.3) is 0 Å². The predicted molar refractivity (Wildman–Crippen MR) is 44.8 cm³/mol. The van der Waals surface area contributed by atoms with E-state index in [2.05, 4.69) is 6.07 Å². The van der Waals surface area contributed by atoms with E-state index in [4.69, 9.17) is 4.74 Å². The van der Waals surface area contributed by atoms with Gasteiger partial charge in [-0.3, -0.25) is 4.79 Å². The predicted octanol–water partition coefficient (Wildman–Crippen LogP) is 1.33. The van der Waals surface area contributed by atoms with Gasteiger partial charge in [0.25, 0.3) is 0 Å². The quantitative estimate of drug-likeness (QED) is 0.538. The lowest BCUT2D eigenvalue weighted by Gasteiger charge is -2.00. The van der Waals surface area contributed by atoms with Gasteiger partial charge in [-0.25, -0.2) is 0 Å². The molecule has 1 heterocycles. The van der Waals surface area contributed by atoms with E-state index in [0.29, 0.717) is 13.0 Å². The maximum absolute atomic E-state index is 11.0. The molecule has 2 heteroatoms. The summed E-state index contributed by atoms with van der Waals surface area (Å²) in [5.74, 6) is -0.111. The first-order valence-corrected chi connectivity index (χ1v) is 4.08. The number of cyclic esters (lactones) is 1. The van der Waals surface area contributed by atoms with E-state index in [1.54, 1.807) is 0 Å². The Morgan fingerprint density at radius 3 is 2.75 bits per heavy atom. The van der Waals surface area contributed by atoms with Crippen molar-refractivity contribution >= 4 is 5.97 Å². The number of hydrogen-bond acceptors (Lipinski definition) is 2. The first-order chi connectivity index (χ1) is 5.86. The summed E-state index contributed by atoms with van der Waals surface area (Å²) >= 11 is 0. The summed E-state index contributed by atoms with van der Waals surface area (Å²) in [7, 11) is 0. The highest BCUT2D eigenvalue weighted by Gasteiger charge is 2.12. The minimum Gasteiger partial charge on any atom is -0.465 e. The van der Waals surface area contributed by atoms with Gasteiger partial charge in [0.1, 0.15) is 0 Å². The van der Waals surface area contributed by atoms with Crippen LogP contribution >= 0.6 is 0 Å². The molecule has 2 rings (SSSR count). The molecule has 12 heavy (non-hydrogen) atoms. The second-order valence-corrected chi connectivity index (χ2v) is 2.92. The number of rotatable bonds is 0. The highest BCUT2D eigenvalue weighted by molar-refractivity contribution is 5.73. The number of hydrogen-bond donors (Lipinski definition) is 0. The summed E-state index contributed by atoms with van der Waals surface area (Å²) in [6.07, 6.45) is 1.28. The number of carbonyl (C=O) groups is 1. The van der Waals surface area contributed by atoms with Crippen molar-refractivity contribution in [3.8, 4) is 0 Å². The molecule has 0 spiro atoms. The molecule has 0 unspecified atom stereocenters. The summed E-state index contributed by atoms with van der Waals surface area (Å²) in [5, 5.41) is 0. The normalized spacial score (nSPS) is 16.2. The zero-order valence-corrected chi connectivity index (χ0v) is 6.75. The third-order valence-electron chi connectivity index (χ3n) is 2.09. The highest BCUT2D eigenvalue weighted by atomic mass is 16.5. The molecule has 0 saturated carbocycles. The third-order valence-corrected chi connectivity index (χ3v) is 2.09. The molecule has 0 radical (unpaired) electrons. The van der Waals surface area contributed by atoms with Gasteiger partial charge in [0.05, 0.1) is 13.0 Å². The van der Waals surface area contributed by atoms with Crippen molar-refractivity contribution in [3.05, 3.63) is 35.4 Å². The van der Waals surface area contributed by atoms with Crippen molar-refractivity contribution in [3.63, 3.8) is 0 Å². The lowest BCUT2D eigenvalue weighted by molar-refractivity contribution is -0.142. The van der Waals surface area contributed by atoms with Crippen LogP contribution in [0.5, 0.6) is 0 Å². The van der Waals surface area contributed by atoms with Crippen molar-refractivity contribution in [1.82, 2.24) is 0 Å². The molecule has 0 bridgehead atoms. The monoisotopic (exact) mass is 162 g/mol. The second kappa shape index (κ2) is 2.97.